The molecule has 2 heterocycles. The quantitative estimate of drug-likeness (QED) is 0.0633. The highest BCUT2D eigenvalue weighted by Gasteiger charge is 2.38. The molecule has 1 fully saturated rings. The average Bonchev–Trinajstić information content (AvgIpc) is 3.22. The van der Waals surface area contributed by atoms with Gasteiger partial charge in [-0.05, 0) is 61.1 Å². The monoisotopic (exact) mass is 737 g/mol. The fourth-order valence-electron chi connectivity index (χ4n) is 6.70. The molecule has 2 aliphatic heterocycles. The molecule has 4 aromatic carbocycles. The normalized spacial score (nSPS) is 16.2. The van der Waals surface area contributed by atoms with Gasteiger partial charge in [-0.15, -0.1) is 0 Å². The van der Waals surface area contributed by atoms with Gasteiger partial charge in [-0.2, -0.15) is 0 Å². The van der Waals surface area contributed by atoms with Gasteiger partial charge in [-0.25, -0.2) is 0 Å². The van der Waals surface area contributed by atoms with Crippen LogP contribution in [0, 0.1) is 0 Å². The van der Waals surface area contributed by atoms with E-state index in [0.717, 1.165) is 58.8 Å². The zero-order chi connectivity index (χ0) is 37.8. The highest BCUT2D eigenvalue weighted by Crippen LogP contribution is 2.47. The lowest BCUT2D eigenvalue weighted by Crippen LogP contribution is -2.37. The molecular formula is C43H47NO10. The average molecular weight is 738 g/mol. The van der Waals surface area contributed by atoms with E-state index in [1.54, 1.807) is 7.11 Å². The van der Waals surface area contributed by atoms with Crippen LogP contribution in [0.4, 0.5) is 5.69 Å². The van der Waals surface area contributed by atoms with Crippen molar-refractivity contribution in [1.82, 2.24) is 0 Å². The Labute approximate surface area is 315 Å². The summed E-state index contributed by atoms with van der Waals surface area (Å²) < 4.78 is 39.2. The van der Waals surface area contributed by atoms with Crippen LogP contribution in [-0.4, -0.2) is 78.3 Å². The summed E-state index contributed by atoms with van der Waals surface area (Å²) in [5.41, 5.74) is 3.05. The largest absolute Gasteiger partial charge is 0.497 e. The fraction of sp³-hybridized carbons (Fsp3) is 0.372. The van der Waals surface area contributed by atoms with Crippen molar-refractivity contribution < 1.29 is 47.5 Å². The van der Waals surface area contributed by atoms with Gasteiger partial charge in [0.05, 0.1) is 46.9 Å². The van der Waals surface area contributed by atoms with Crippen LogP contribution in [0.15, 0.2) is 84.9 Å². The van der Waals surface area contributed by atoms with Gasteiger partial charge in [0, 0.05) is 53.3 Å². The van der Waals surface area contributed by atoms with Gasteiger partial charge in [0.25, 0.3) is 0 Å². The number of ether oxygens (including phenoxy) is 7. The summed E-state index contributed by atoms with van der Waals surface area (Å²) >= 11 is 0. The number of hydrogen-bond acceptors (Lipinski definition) is 11. The number of rotatable bonds is 17. The molecule has 1 unspecified atom stereocenters. The first-order chi connectivity index (χ1) is 26.4. The van der Waals surface area contributed by atoms with Gasteiger partial charge in [0.2, 0.25) is 0 Å². The highest BCUT2D eigenvalue weighted by molar-refractivity contribution is 6.02. The van der Waals surface area contributed by atoms with Crippen molar-refractivity contribution in [3.8, 4) is 17.2 Å². The predicted octanol–water partition coefficient (Wildman–Crippen LogP) is 7.01. The molecule has 4 aromatic rings. The first kappa shape index (κ1) is 38.2. The number of fused-ring (bicyclic) bond motifs is 3. The molecule has 0 radical (unpaired) electrons. The minimum absolute atomic E-state index is 0.0354. The van der Waals surface area contributed by atoms with Crippen LogP contribution in [-0.2, 0) is 38.9 Å². The second-order valence-electron chi connectivity index (χ2n) is 13.1. The van der Waals surface area contributed by atoms with Gasteiger partial charge in [-0.3, -0.25) is 14.4 Å². The molecule has 6 rings (SSSR count). The zero-order valence-electron chi connectivity index (χ0n) is 30.9. The molecule has 0 spiro atoms. The Balaban J connectivity index is 1.08. The number of anilines is 1. The number of benzene rings is 4. The SMILES string of the molecule is COC(=O)CCCCCOC(=O)CCC(=O)OCCOc1ccc(C2(c3ccc(OC)cc3)C=Cc3c(cc(N4CCOCC4)c4ccccc34)O2)cc1. The van der Waals surface area contributed by atoms with Gasteiger partial charge in [0.1, 0.15) is 30.5 Å². The summed E-state index contributed by atoms with van der Waals surface area (Å²) in [5.74, 6) is 0.923. The summed E-state index contributed by atoms with van der Waals surface area (Å²) in [6.45, 7) is 3.39. The number of esters is 3. The molecule has 2 aliphatic rings. The molecular weight excluding hydrogens is 690 g/mol. The van der Waals surface area contributed by atoms with Crippen molar-refractivity contribution in [3.63, 3.8) is 0 Å². The minimum atomic E-state index is -0.941. The van der Waals surface area contributed by atoms with E-state index in [-0.39, 0.29) is 38.6 Å². The van der Waals surface area contributed by atoms with Crippen LogP contribution >= 0.6 is 0 Å². The van der Waals surface area contributed by atoms with Crippen molar-refractivity contribution in [2.75, 3.05) is 65.2 Å². The fourth-order valence-corrected chi connectivity index (χ4v) is 6.70. The van der Waals surface area contributed by atoms with E-state index in [2.05, 4.69) is 52.1 Å². The maximum atomic E-state index is 12.2. The van der Waals surface area contributed by atoms with E-state index < -0.39 is 17.5 Å². The smallest absolute Gasteiger partial charge is 0.306 e. The molecule has 54 heavy (non-hydrogen) atoms. The molecule has 0 aliphatic carbocycles. The van der Waals surface area contributed by atoms with Crippen LogP contribution in [0.3, 0.4) is 0 Å². The standard InChI is InChI=1S/C43H47NO10/c1-48-33-15-11-31(12-16-33)43(22-21-37-35-8-5-6-9-36(35)38(30-39(37)54-43)44-23-26-50-27-24-44)32-13-17-34(18-14-32)51-28-29-53-42(47)20-19-41(46)52-25-7-3-4-10-40(45)49-2/h5-6,8-9,11-18,21-22,30H,3-4,7,10,19-20,23-29H2,1-2H3. The lowest BCUT2D eigenvalue weighted by atomic mass is 9.83. The third kappa shape index (κ3) is 9.32. The predicted molar refractivity (Wildman–Crippen MR) is 204 cm³/mol. The van der Waals surface area contributed by atoms with Crippen molar-refractivity contribution >= 4 is 40.4 Å². The topological polar surface area (TPSA) is 119 Å². The first-order valence-corrected chi connectivity index (χ1v) is 18.4. The number of morpholine rings is 1. The zero-order valence-corrected chi connectivity index (χ0v) is 30.9. The Morgan fingerprint density at radius 2 is 1.35 bits per heavy atom. The molecule has 284 valence electrons. The maximum Gasteiger partial charge on any atom is 0.306 e. The number of carbonyl (C=O) groups is 3. The Morgan fingerprint density at radius 3 is 2.02 bits per heavy atom. The van der Waals surface area contributed by atoms with Gasteiger partial charge >= 0.3 is 17.9 Å². The lowest BCUT2D eigenvalue weighted by Gasteiger charge is -2.38. The Bertz CT molecular complexity index is 1920. The van der Waals surface area contributed by atoms with E-state index >= 15 is 0 Å². The van der Waals surface area contributed by atoms with Crippen LogP contribution in [0.25, 0.3) is 16.8 Å². The molecule has 1 saturated heterocycles. The molecule has 0 N–H and O–H groups in total. The number of nitrogens with zero attached hydrogens (tertiary/aromatic N) is 1. The second kappa shape index (κ2) is 18.5. The van der Waals surface area contributed by atoms with E-state index in [0.29, 0.717) is 38.2 Å². The van der Waals surface area contributed by atoms with Crippen molar-refractivity contribution in [2.45, 2.75) is 44.1 Å². The van der Waals surface area contributed by atoms with Crippen LogP contribution in [0.1, 0.15) is 55.2 Å². The first-order valence-electron chi connectivity index (χ1n) is 18.4. The minimum Gasteiger partial charge on any atom is -0.497 e. The molecule has 11 heteroatoms. The summed E-state index contributed by atoms with van der Waals surface area (Å²) in [6, 6.07) is 26.2. The van der Waals surface area contributed by atoms with Gasteiger partial charge in [0.15, 0.2) is 5.60 Å². The lowest BCUT2D eigenvalue weighted by molar-refractivity contribution is -0.150. The number of hydrogen-bond donors (Lipinski definition) is 0. The van der Waals surface area contributed by atoms with E-state index in [1.807, 2.05) is 48.5 Å². The van der Waals surface area contributed by atoms with E-state index in [1.165, 1.54) is 12.5 Å². The van der Waals surface area contributed by atoms with Crippen molar-refractivity contribution in [2.24, 2.45) is 0 Å². The third-order valence-corrected chi connectivity index (χ3v) is 9.60. The number of unbranched alkanes of at least 4 members (excludes halogenated alkanes) is 2. The molecule has 0 aromatic heterocycles. The number of methoxy groups -OCH3 is 2. The Kier molecular flexibility index (Phi) is 13.1. The molecule has 1 atom stereocenters. The summed E-state index contributed by atoms with van der Waals surface area (Å²) in [6.07, 6.45) is 6.51. The summed E-state index contributed by atoms with van der Waals surface area (Å²) in [4.78, 5) is 37.7. The maximum absolute atomic E-state index is 12.2. The molecule has 0 bridgehead atoms. The summed E-state index contributed by atoms with van der Waals surface area (Å²) in [7, 11) is 3.00. The Hall–Kier alpha value is -5.55. The second-order valence-corrected chi connectivity index (χ2v) is 13.1. The van der Waals surface area contributed by atoms with E-state index in [4.69, 9.17) is 28.4 Å². The third-order valence-electron chi connectivity index (χ3n) is 9.60. The van der Waals surface area contributed by atoms with Gasteiger partial charge < -0.3 is 38.1 Å². The van der Waals surface area contributed by atoms with Crippen molar-refractivity contribution in [1.29, 1.82) is 0 Å². The van der Waals surface area contributed by atoms with Crippen LogP contribution in [0.2, 0.25) is 0 Å². The van der Waals surface area contributed by atoms with Crippen LogP contribution < -0.4 is 19.1 Å². The highest BCUT2D eigenvalue weighted by atomic mass is 16.6. The molecule has 0 saturated carbocycles. The summed E-state index contributed by atoms with van der Waals surface area (Å²) in [5, 5.41) is 2.30. The van der Waals surface area contributed by atoms with Gasteiger partial charge in [-0.1, -0.05) is 48.5 Å². The molecule has 11 nitrogen and oxygen atoms in total. The molecule has 0 amide bonds. The number of carbonyl (C=O) groups excluding carboxylic acids is 3. The van der Waals surface area contributed by atoms with E-state index in [9.17, 15) is 14.4 Å². The van der Waals surface area contributed by atoms with Crippen molar-refractivity contribution in [3.05, 3.63) is 102 Å². The van der Waals surface area contributed by atoms with Crippen LogP contribution in [0.5, 0.6) is 17.2 Å². The Morgan fingerprint density at radius 1 is 0.704 bits per heavy atom.